The highest BCUT2D eigenvalue weighted by molar-refractivity contribution is 7.99. The molecule has 0 atom stereocenters. The molecule has 0 spiro atoms. The summed E-state index contributed by atoms with van der Waals surface area (Å²) in [6, 6.07) is 11.8. The highest BCUT2D eigenvalue weighted by Gasteiger charge is 2.16. The van der Waals surface area contributed by atoms with Gasteiger partial charge in [0.15, 0.2) is 17.3 Å². The van der Waals surface area contributed by atoms with Crippen molar-refractivity contribution in [1.82, 2.24) is 14.9 Å². The minimum absolute atomic E-state index is 0.0710. The van der Waals surface area contributed by atoms with Crippen LogP contribution in [-0.2, 0) is 9.53 Å². The molecule has 2 aromatic carbocycles. The van der Waals surface area contributed by atoms with Gasteiger partial charge in [-0.3, -0.25) is 4.79 Å². The zero-order valence-electron chi connectivity index (χ0n) is 18.5. The number of rotatable bonds is 10. The molecular weight excluding hydrogens is 446 g/mol. The molecule has 33 heavy (non-hydrogen) atoms. The Bertz CT molecular complexity index is 1120. The van der Waals surface area contributed by atoms with Crippen molar-refractivity contribution in [2.45, 2.75) is 18.5 Å². The third kappa shape index (κ3) is 5.95. The van der Waals surface area contributed by atoms with Crippen molar-refractivity contribution in [3.63, 3.8) is 0 Å². The van der Waals surface area contributed by atoms with E-state index < -0.39 is 5.97 Å². The molecule has 0 fully saturated rings. The number of hydrogen-bond donors (Lipinski definition) is 2. The fraction of sp³-hybridized carbons (Fsp3) is 0.273. The standard InChI is InChI=1S/C22H25N5O5S/c1-4-11-32-21(29)14-5-8-16(9-6-14)24-19(28)13-33-22-26-25-20(27(22)23)15-7-10-17(30-2)18(12-15)31-3/h5-10,12H,4,11,13,23H2,1-3H3,(H,24,28). The quantitative estimate of drug-likeness (QED) is 0.260. The molecule has 11 heteroatoms. The third-order valence-electron chi connectivity index (χ3n) is 4.48. The van der Waals surface area contributed by atoms with Gasteiger partial charge in [0.2, 0.25) is 11.1 Å². The van der Waals surface area contributed by atoms with Crippen LogP contribution < -0.4 is 20.6 Å². The first-order valence-electron chi connectivity index (χ1n) is 10.1. The molecule has 3 aromatic rings. The number of esters is 1. The van der Waals surface area contributed by atoms with Crippen LogP contribution in [0.4, 0.5) is 5.69 Å². The molecule has 0 aliphatic heterocycles. The number of nitrogen functional groups attached to an aromatic ring is 1. The maximum Gasteiger partial charge on any atom is 0.338 e. The highest BCUT2D eigenvalue weighted by atomic mass is 32.2. The Morgan fingerprint density at radius 2 is 1.79 bits per heavy atom. The lowest BCUT2D eigenvalue weighted by Gasteiger charge is -2.09. The van der Waals surface area contributed by atoms with Crippen LogP contribution in [0.15, 0.2) is 47.6 Å². The van der Waals surface area contributed by atoms with Gasteiger partial charge in [-0.25, -0.2) is 9.47 Å². The molecule has 0 saturated heterocycles. The number of nitrogens with two attached hydrogens (primary N) is 1. The van der Waals surface area contributed by atoms with Crippen molar-refractivity contribution in [1.29, 1.82) is 0 Å². The number of hydrogen-bond acceptors (Lipinski definition) is 9. The molecule has 0 saturated carbocycles. The van der Waals surface area contributed by atoms with Crippen LogP contribution >= 0.6 is 11.8 Å². The summed E-state index contributed by atoms with van der Waals surface area (Å²) in [6.07, 6.45) is 0.754. The van der Waals surface area contributed by atoms with Crippen LogP contribution in [0, 0.1) is 0 Å². The number of thioether (sulfide) groups is 1. The van der Waals surface area contributed by atoms with E-state index in [4.69, 9.17) is 20.1 Å². The first-order valence-corrected chi connectivity index (χ1v) is 11.1. The zero-order chi connectivity index (χ0) is 23.8. The number of nitrogens with zero attached hydrogens (tertiary/aromatic N) is 3. The lowest BCUT2D eigenvalue weighted by atomic mass is 10.2. The first kappa shape index (κ1) is 23.9. The fourth-order valence-corrected chi connectivity index (χ4v) is 3.50. The molecule has 10 nitrogen and oxygen atoms in total. The van der Waals surface area contributed by atoms with E-state index in [0.717, 1.165) is 18.2 Å². The van der Waals surface area contributed by atoms with Crippen molar-refractivity contribution in [3.05, 3.63) is 48.0 Å². The van der Waals surface area contributed by atoms with Crippen molar-refractivity contribution in [2.75, 3.05) is 37.7 Å². The van der Waals surface area contributed by atoms with Crippen LogP contribution in [0.3, 0.4) is 0 Å². The number of methoxy groups -OCH3 is 2. The van der Waals surface area contributed by atoms with Gasteiger partial charge in [0.1, 0.15) is 0 Å². The Hall–Kier alpha value is -3.73. The number of carbonyl (C=O) groups is 2. The van der Waals surface area contributed by atoms with Crippen LogP contribution in [0.2, 0.25) is 0 Å². The molecular formula is C22H25N5O5S. The Morgan fingerprint density at radius 3 is 2.45 bits per heavy atom. The molecule has 0 aliphatic carbocycles. The zero-order valence-corrected chi connectivity index (χ0v) is 19.3. The summed E-state index contributed by atoms with van der Waals surface area (Å²) in [4.78, 5) is 24.2. The largest absolute Gasteiger partial charge is 0.493 e. The van der Waals surface area contributed by atoms with Gasteiger partial charge in [-0.2, -0.15) is 0 Å². The Labute approximate surface area is 195 Å². The number of carbonyl (C=O) groups excluding carboxylic acids is 2. The molecule has 1 amide bonds. The van der Waals surface area contributed by atoms with Crippen molar-refractivity contribution in [3.8, 4) is 22.9 Å². The second kappa shape index (κ2) is 11.2. The number of nitrogens with one attached hydrogen (secondary N) is 1. The Morgan fingerprint density at radius 1 is 1.06 bits per heavy atom. The van der Waals surface area contributed by atoms with Crippen LogP contribution in [0.5, 0.6) is 11.5 Å². The lowest BCUT2D eigenvalue weighted by Crippen LogP contribution is -2.16. The topological polar surface area (TPSA) is 131 Å². The van der Waals surface area contributed by atoms with Gasteiger partial charge >= 0.3 is 5.97 Å². The van der Waals surface area contributed by atoms with E-state index in [-0.39, 0.29) is 11.7 Å². The first-order chi connectivity index (χ1) is 16.0. The summed E-state index contributed by atoms with van der Waals surface area (Å²) >= 11 is 1.15. The monoisotopic (exact) mass is 471 g/mol. The van der Waals surface area contributed by atoms with Gasteiger partial charge in [-0.15, -0.1) is 10.2 Å². The van der Waals surface area contributed by atoms with E-state index in [1.807, 2.05) is 6.92 Å². The average Bonchev–Trinajstić information content (AvgIpc) is 3.21. The summed E-state index contributed by atoms with van der Waals surface area (Å²) in [6.45, 7) is 2.29. The number of anilines is 1. The molecule has 0 bridgehead atoms. The Balaban J connectivity index is 1.59. The lowest BCUT2D eigenvalue weighted by molar-refractivity contribution is -0.113. The number of amides is 1. The third-order valence-corrected chi connectivity index (χ3v) is 5.42. The van der Waals surface area contributed by atoms with Crippen molar-refractivity contribution in [2.24, 2.45) is 0 Å². The maximum absolute atomic E-state index is 12.3. The van der Waals surface area contributed by atoms with Gasteiger partial charge in [-0.1, -0.05) is 18.7 Å². The summed E-state index contributed by atoms with van der Waals surface area (Å²) in [5, 5.41) is 11.3. The van der Waals surface area contributed by atoms with E-state index in [1.165, 1.54) is 4.68 Å². The molecule has 0 unspecified atom stereocenters. The van der Waals surface area contributed by atoms with E-state index in [0.29, 0.717) is 45.9 Å². The smallest absolute Gasteiger partial charge is 0.338 e. The van der Waals surface area contributed by atoms with E-state index >= 15 is 0 Å². The number of aromatic nitrogens is 3. The molecule has 3 rings (SSSR count). The maximum atomic E-state index is 12.3. The molecule has 174 valence electrons. The summed E-state index contributed by atoms with van der Waals surface area (Å²) in [5.74, 6) is 7.11. The second-order valence-corrected chi connectivity index (χ2v) is 7.74. The minimum Gasteiger partial charge on any atom is -0.493 e. The molecule has 0 aliphatic rings. The van der Waals surface area contributed by atoms with Gasteiger partial charge < -0.3 is 25.4 Å². The summed E-state index contributed by atoms with van der Waals surface area (Å²) in [5.41, 5.74) is 1.68. The van der Waals surface area contributed by atoms with E-state index in [1.54, 1.807) is 56.7 Å². The summed E-state index contributed by atoms with van der Waals surface area (Å²) in [7, 11) is 3.10. The minimum atomic E-state index is -0.391. The average molecular weight is 472 g/mol. The number of ether oxygens (including phenoxy) is 3. The SMILES string of the molecule is CCCOC(=O)c1ccc(NC(=O)CSc2nnc(-c3ccc(OC)c(OC)c3)n2N)cc1. The van der Waals surface area contributed by atoms with Gasteiger partial charge in [0, 0.05) is 11.3 Å². The number of benzene rings is 2. The Kier molecular flexibility index (Phi) is 8.14. The van der Waals surface area contributed by atoms with Gasteiger partial charge in [0.25, 0.3) is 0 Å². The van der Waals surface area contributed by atoms with Crippen LogP contribution in [0.1, 0.15) is 23.7 Å². The highest BCUT2D eigenvalue weighted by Crippen LogP contribution is 2.32. The van der Waals surface area contributed by atoms with Crippen molar-refractivity contribution < 1.29 is 23.8 Å². The second-order valence-electron chi connectivity index (χ2n) is 6.80. The van der Waals surface area contributed by atoms with Gasteiger partial charge in [0.05, 0.1) is 32.1 Å². The predicted octanol–water partition coefficient (Wildman–Crippen LogP) is 2.97. The molecule has 1 aromatic heterocycles. The van der Waals surface area contributed by atoms with Crippen molar-refractivity contribution >= 4 is 29.3 Å². The molecule has 1 heterocycles. The van der Waals surface area contributed by atoms with Crippen LogP contribution in [0.25, 0.3) is 11.4 Å². The molecule has 3 N–H and O–H groups in total. The predicted molar refractivity (Wildman–Crippen MR) is 125 cm³/mol. The van der Waals surface area contributed by atoms with E-state index in [2.05, 4.69) is 15.5 Å². The van der Waals surface area contributed by atoms with Crippen LogP contribution in [-0.4, -0.2) is 53.3 Å². The van der Waals surface area contributed by atoms with E-state index in [9.17, 15) is 9.59 Å². The summed E-state index contributed by atoms with van der Waals surface area (Å²) < 4.78 is 17.0. The molecule has 0 radical (unpaired) electrons. The van der Waals surface area contributed by atoms with Gasteiger partial charge in [-0.05, 0) is 48.9 Å². The fourth-order valence-electron chi connectivity index (χ4n) is 2.84. The normalized spacial score (nSPS) is 10.5.